The van der Waals surface area contributed by atoms with E-state index in [0.717, 1.165) is 13.0 Å². The topological polar surface area (TPSA) is 55.1 Å². The first-order valence-corrected chi connectivity index (χ1v) is 9.41. The SMILES string of the molecule is C=C(NCCCCCCCCCCCCCCCC)C(N)=O. The third-order valence-corrected chi connectivity index (χ3v) is 4.17. The van der Waals surface area contributed by atoms with E-state index in [2.05, 4.69) is 18.8 Å². The first-order valence-electron chi connectivity index (χ1n) is 9.41. The molecule has 3 heteroatoms. The van der Waals surface area contributed by atoms with Crippen molar-refractivity contribution in [3.05, 3.63) is 12.3 Å². The highest BCUT2D eigenvalue weighted by Gasteiger charge is 1.98. The molecule has 0 bridgehead atoms. The fourth-order valence-electron chi connectivity index (χ4n) is 2.65. The standard InChI is InChI=1S/C19H38N2O/c1-3-4-5-6-7-8-9-10-11-12-13-14-15-16-17-21-18(2)19(20)22/h21H,2-17H2,1H3,(H2,20,22). The summed E-state index contributed by atoms with van der Waals surface area (Å²) in [6.07, 6.45) is 19.0. The van der Waals surface area contributed by atoms with Gasteiger partial charge in [-0.25, -0.2) is 0 Å². The number of carbonyl (C=O) groups is 1. The summed E-state index contributed by atoms with van der Waals surface area (Å²) in [7, 11) is 0. The molecule has 22 heavy (non-hydrogen) atoms. The summed E-state index contributed by atoms with van der Waals surface area (Å²) in [6.45, 7) is 6.65. The van der Waals surface area contributed by atoms with Gasteiger partial charge in [-0.2, -0.15) is 0 Å². The van der Waals surface area contributed by atoms with Crippen LogP contribution in [-0.2, 0) is 4.79 Å². The summed E-state index contributed by atoms with van der Waals surface area (Å²) in [5.74, 6) is -0.453. The van der Waals surface area contributed by atoms with Crippen LogP contribution in [0.15, 0.2) is 12.3 Å². The quantitative estimate of drug-likeness (QED) is 0.291. The molecular weight excluding hydrogens is 272 g/mol. The van der Waals surface area contributed by atoms with E-state index in [1.807, 2.05) is 0 Å². The molecule has 0 saturated heterocycles. The molecular formula is C19H38N2O. The second-order valence-corrected chi connectivity index (χ2v) is 6.37. The molecule has 0 aromatic heterocycles. The van der Waals surface area contributed by atoms with E-state index in [4.69, 9.17) is 5.73 Å². The van der Waals surface area contributed by atoms with Gasteiger partial charge in [0.25, 0.3) is 5.91 Å². The number of nitrogens with one attached hydrogen (secondary N) is 1. The molecule has 0 aliphatic carbocycles. The average molecular weight is 311 g/mol. The number of nitrogens with two attached hydrogens (primary N) is 1. The van der Waals surface area contributed by atoms with Crippen LogP contribution in [0.1, 0.15) is 96.8 Å². The first kappa shape index (κ1) is 21.0. The molecule has 0 fully saturated rings. The van der Waals surface area contributed by atoms with Gasteiger partial charge in [0.05, 0.1) is 5.70 Å². The van der Waals surface area contributed by atoms with Gasteiger partial charge in [0, 0.05) is 6.54 Å². The van der Waals surface area contributed by atoms with Crippen molar-refractivity contribution >= 4 is 5.91 Å². The fourth-order valence-corrected chi connectivity index (χ4v) is 2.65. The maximum Gasteiger partial charge on any atom is 0.264 e. The van der Waals surface area contributed by atoms with Gasteiger partial charge in [0.2, 0.25) is 0 Å². The molecule has 1 amide bonds. The predicted molar refractivity (Wildman–Crippen MR) is 96.6 cm³/mol. The van der Waals surface area contributed by atoms with E-state index in [0.29, 0.717) is 5.70 Å². The van der Waals surface area contributed by atoms with Gasteiger partial charge in [0.15, 0.2) is 0 Å². The molecule has 0 rings (SSSR count). The van der Waals surface area contributed by atoms with Crippen LogP contribution < -0.4 is 11.1 Å². The third kappa shape index (κ3) is 15.4. The monoisotopic (exact) mass is 310 g/mol. The van der Waals surface area contributed by atoms with Crippen molar-refractivity contribution in [1.29, 1.82) is 0 Å². The number of amides is 1. The summed E-state index contributed by atoms with van der Waals surface area (Å²) in [5, 5.41) is 2.96. The van der Waals surface area contributed by atoms with Gasteiger partial charge in [-0.3, -0.25) is 4.79 Å². The van der Waals surface area contributed by atoms with Gasteiger partial charge in [-0.05, 0) is 6.42 Å². The molecule has 0 saturated carbocycles. The minimum atomic E-state index is -0.453. The Morgan fingerprint density at radius 2 is 1.14 bits per heavy atom. The Morgan fingerprint density at radius 1 is 0.773 bits per heavy atom. The lowest BCUT2D eigenvalue weighted by atomic mass is 10.0. The Hall–Kier alpha value is -0.990. The first-order chi connectivity index (χ1) is 10.7. The highest BCUT2D eigenvalue weighted by atomic mass is 16.1. The van der Waals surface area contributed by atoms with Crippen molar-refractivity contribution in [3.8, 4) is 0 Å². The van der Waals surface area contributed by atoms with Crippen molar-refractivity contribution in [2.24, 2.45) is 5.73 Å². The second-order valence-electron chi connectivity index (χ2n) is 6.37. The highest BCUT2D eigenvalue weighted by Crippen LogP contribution is 2.12. The van der Waals surface area contributed by atoms with Crippen molar-refractivity contribution in [2.45, 2.75) is 96.8 Å². The molecule has 0 aliphatic heterocycles. The van der Waals surface area contributed by atoms with E-state index in [1.165, 1.54) is 83.5 Å². The van der Waals surface area contributed by atoms with E-state index in [-0.39, 0.29) is 0 Å². The van der Waals surface area contributed by atoms with Crippen LogP contribution in [0.5, 0.6) is 0 Å². The zero-order valence-electron chi connectivity index (χ0n) is 14.8. The fraction of sp³-hybridized carbons (Fsp3) is 0.842. The van der Waals surface area contributed by atoms with Crippen LogP contribution >= 0.6 is 0 Å². The van der Waals surface area contributed by atoms with Gasteiger partial charge in [-0.1, -0.05) is 97.0 Å². The van der Waals surface area contributed by atoms with Crippen molar-refractivity contribution in [3.63, 3.8) is 0 Å². The maximum atomic E-state index is 10.7. The van der Waals surface area contributed by atoms with Crippen LogP contribution in [0.3, 0.4) is 0 Å². The maximum absolute atomic E-state index is 10.7. The number of primary amides is 1. The molecule has 0 heterocycles. The number of rotatable bonds is 17. The molecule has 130 valence electrons. The number of unbranched alkanes of at least 4 members (excludes halogenated alkanes) is 13. The summed E-state index contributed by atoms with van der Waals surface area (Å²) in [4.78, 5) is 10.7. The lowest BCUT2D eigenvalue weighted by Gasteiger charge is -2.06. The number of hydrogen-bond acceptors (Lipinski definition) is 2. The molecule has 3 N–H and O–H groups in total. The Morgan fingerprint density at radius 3 is 1.50 bits per heavy atom. The third-order valence-electron chi connectivity index (χ3n) is 4.17. The van der Waals surface area contributed by atoms with Gasteiger partial charge in [0.1, 0.15) is 0 Å². The van der Waals surface area contributed by atoms with E-state index in [9.17, 15) is 4.79 Å². The van der Waals surface area contributed by atoms with E-state index in [1.54, 1.807) is 0 Å². The number of carbonyl (C=O) groups excluding carboxylic acids is 1. The highest BCUT2D eigenvalue weighted by molar-refractivity contribution is 5.90. The molecule has 0 aromatic carbocycles. The molecule has 0 unspecified atom stereocenters. The summed E-state index contributed by atoms with van der Waals surface area (Å²) in [5.41, 5.74) is 5.42. The van der Waals surface area contributed by atoms with Gasteiger partial charge in [-0.15, -0.1) is 0 Å². The summed E-state index contributed by atoms with van der Waals surface area (Å²) >= 11 is 0. The van der Waals surface area contributed by atoms with Crippen LogP contribution in [0.4, 0.5) is 0 Å². The van der Waals surface area contributed by atoms with Gasteiger partial charge >= 0.3 is 0 Å². The molecule has 0 atom stereocenters. The van der Waals surface area contributed by atoms with E-state index < -0.39 is 5.91 Å². The lowest BCUT2D eigenvalue weighted by molar-refractivity contribution is -0.114. The Bertz CT molecular complexity index is 277. The summed E-state index contributed by atoms with van der Waals surface area (Å²) in [6, 6.07) is 0. The Kier molecular flexibility index (Phi) is 15.6. The Balaban J connectivity index is 3.05. The van der Waals surface area contributed by atoms with Gasteiger partial charge < -0.3 is 11.1 Å². The molecule has 0 radical (unpaired) electrons. The predicted octanol–water partition coefficient (Wildman–Crippen LogP) is 5.06. The van der Waals surface area contributed by atoms with Crippen LogP contribution in [0, 0.1) is 0 Å². The zero-order valence-corrected chi connectivity index (χ0v) is 14.8. The van der Waals surface area contributed by atoms with Crippen molar-refractivity contribution in [2.75, 3.05) is 6.54 Å². The van der Waals surface area contributed by atoms with Crippen LogP contribution in [0.2, 0.25) is 0 Å². The molecule has 0 spiro atoms. The largest absolute Gasteiger partial charge is 0.381 e. The normalized spacial score (nSPS) is 10.6. The minimum absolute atomic E-state index is 0.328. The molecule has 0 aromatic rings. The smallest absolute Gasteiger partial charge is 0.264 e. The van der Waals surface area contributed by atoms with E-state index >= 15 is 0 Å². The minimum Gasteiger partial charge on any atom is -0.381 e. The number of hydrogen-bond donors (Lipinski definition) is 2. The molecule has 3 nitrogen and oxygen atoms in total. The Labute approximate surface area is 138 Å². The van der Waals surface area contributed by atoms with Crippen molar-refractivity contribution in [1.82, 2.24) is 5.32 Å². The zero-order chi connectivity index (χ0) is 16.5. The van der Waals surface area contributed by atoms with Crippen molar-refractivity contribution < 1.29 is 4.79 Å². The summed E-state index contributed by atoms with van der Waals surface area (Å²) < 4.78 is 0. The second kappa shape index (κ2) is 16.4. The van der Waals surface area contributed by atoms with Crippen LogP contribution in [-0.4, -0.2) is 12.5 Å². The lowest BCUT2D eigenvalue weighted by Crippen LogP contribution is -2.25. The van der Waals surface area contributed by atoms with Crippen LogP contribution in [0.25, 0.3) is 0 Å². The average Bonchev–Trinajstić information content (AvgIpc) is 2.50. The molecule has 0 aliphatic rings.